The second-order valence-electron chi connectivity index (χ2n) is 5.94. The van der Waals surface area contributed by atoms with Crippen LogP contribution in [0.25, 0.3) is 0 Å². The van der Waals surface area contributed by atoms with Gasteiger partial charge in [0.05, 0.1) is 0 Å². The van der Waals surface area contributed by atoms with Gasteiger partial charge in [0, 0.05) is 56.9 Å². The highest BCUT2D eigenvalue weighted by Gasteiger charge is 2.22. The SMILES string of the molecule is CCNc1nc(C)cc(N2CCN(C(=O)Cn3cccc3)CC2)n1. The molecule has 1 amide bonds. The minimum absolute atomic E-state index is 0.165. The van der Waals surface area contributed by atoms with Crippen molar-refractivity contribution in [3.8, 4) is 0 Å². The number of piperazine rings is 1. The molecule has 0 atom stereocenters. The molecule has 1 N–H and O–H groups in total. The number of rotatable bonds is 5. The fourth-order valence-electron chi connectivity index (χ4n) is 2.87. The van der Waals surface area contributed by atoms with E-state index < -0.39 is 0 Å². The number of nitrogens with zero attached hydrogens (tertiary/aromatic N) is 5. The van der Waals surface area contributed by atoms with Crippen molar-refractivity contribution in [3.05, 3.63) is 36.3 Å². The minimum atomic E-state index is 0.165. The van der Waals surface area contributed by atoms with E-state index in [9.17, 15) is 4.79 Å². The largest absolute Gasteiger partial charge is 0.354 e. The lowest BCUT2D eigenvalue weighted by atomic mass is 10.3. The van der Waals surface area contributed by atoms with E-state index in [2.05, 4.69) is 20.2 Å². The maximum absolute atomic E-state index is 12.4. The number of hydrogen-bond acceptors (Lipinski definition) is 5. The summed E-state index contributed by atoms with van der Waals surface area (Å²) in [7, 11) is 0. The van der Waals surface area contributed by atoms with E-state index in [4.69, 9.17) is 0 Å². The Morgan fingerprint density at radius 3 is 2.54 bits per heavy atom. The molecule has 1 aliphatic rings. The molecule has 2 aromatic rings. The van der Waals surface area contributed by atoms with Gasteiger partial charge in [-0.2, -0.15) is 4.98 Å². The van der Waals surface area contributed by atoms with Gasteiger partial charge in [0.2, 0.25) is 11.9 Å². The van der Waals surface area contributed by atoms with Crippen molar-refractivity contribution in [1.82, 2.24) is 19.4 Å². The van der Waals surface area contributed by atoms with Gasteiger partial charge in [-0.15, -0.1) is 0 Å². The number of aryl methyl sites for hydroxylation is 1. The lowest BCUT2D eigenvalue weighted by Gasteiger charge is -2.35. The van der Waals surface area contributed by atoms with Gasteiger partial charge in [-0.1, -0.05) is 0 Å². The zero-order valence-corrected chi connectivity index (χ0v) is 14.3. The Bertz CT molecular complexity index is 676. The molecule has 128 valence electrons. The van der Waals surface area contributed by atoms with Crippen molar-refractivity contribution in [3.63, 3.8) is 0 Å². The number of amides is 1. The average molecular weight is 328 g/mol. The molecule has 3 rings (SSSR count). The Kier molecular flexibility index (Phi) is 4.98. The van der Waals surface area contributed by atoms with Crippen molar-refractivity contribution in [2.24, 2.45) is 0 Å². The maximum atomic E-state index is 12.4. The predicted octanol–water partition coefficient (Wildman–Crippen LogP) is 1.37. The summed E-state index contributed by atoms with van der Waals surface area (Å²) in [5.41, 5.74) is 0.946. The first-order valence-corrected chi connectivity index (χ1v) is 8.38. The van der Waals surface area contributed by atoms with Crippen molar-refractivity contribution in [2.75, 3.05) is 42.9 Å². The lowest BCUT2D eigenvalue weighted by molar-refractivity contribution is -0.132. The van der Waals surface area contributed by atoms with Crippen LogP contribution in [0.2, 0.25) is 0 Å². The van der Waals surface area contributed by atoms with Crippen LogP contribution in [0.4, 0.5) is 11.8 Å². The first-order valence-electron chi connectivity index (χ1n) is 8.38. The molecule has 0 spiro atoms. The lowest BCUT2D eigenvalue weighted by Crippen LogP contribution is -2.49. The van der Waals surface area contributed by atoms with Crippen LogP contribution in [-0.2, 0) is 11.3 Å². The van der Waals surface area contributed by atoms with E-state index in [1.54, 1.807) is 0 Å². The van der Waals surface area contributed by atoms with Crippen LogP contribution in [0, 0.1) is 6.92 Å². The Morgan fingerprint density at radius 2 is 1.88 bits per heavy atom. The normalized spacial score (nSPS) is 14.8. The highest BCUT2D eigenvalue weighted by Crippen LogP contribution is 2.17. The summed E-state index contributed by atoms with van der Waals surface area (Å²) >= 11 is 0. The number of hydrogen-bond donors (Lipinski definition) is 1. The predicted molar refractivity (Wildman–Crippen MR) is 94.2 cm³/mol. The van der Waals surface area contributed by atoms with Gasteiger partial charge in [-0.05, 0) is 26.0 Å². The maximum Gasteiger partial charge on any atom is 0.242 e. The number of carbonyl (C=O) groups excluding carboxylic acids is 1. The van der Waals surface area contributed by atoms with Gasteiger partial charge in [0.25, 0.3) is 0 Å². The Hall–Kier alpha value is -2.57. The standard InChI is InChI=1S/C17H24N6O/c1-3-18-17-19-14(2)12-15(20-17)22-8-10-23(11-9-22)16(24)13-21-6-4-5-7-21/h4-7,12H,3,8-11,13H2,1-2H3,(H,18,19,20). The molecule has 0 radical (unpaired) electrons. The third-order valence-electron chi connectivity index (χ3n) is 4.12. The fourth-order valence-corrected chi connectivity index (χ4v) is 2.87. The molecule has 0 aliphatic carbocycles. The van der Waals surface area contributed by atoms with Crippen molar-refractivity contribution >= 4 is 17.7 Å². The Morgan fingerprint density at radius 1 is 1.17 bits per heavy atom. The van der Waals surface area contributed by atoms with Crippen LogP contribution < -0.4 is 10.2 Å². The van der Waals surface area contributed by atoms with E-state index in [0.29, 0.717) is 12.5 Å². The van der Waals surface area contributed by atoms with Gasteiger partial charge in [-0.3, -0.25) is 4.79 Å². The molecular formula is C17H24N6O. The molecular weight excluding hydrogens is 304 g/mol. The van der Waals surface area contributed by atoms with Crippen molar-refractivity contribution in [2.45, 2.75) is 20.4 Å². The molecule has 1 aliphatic heterocycles. The van der Waals surface area contributed by atoms with Gasteiger partial charge in [0.15, 0.2) is 0 Å². The molecule has 1 saturated heterocycles. The molecule has 0 unspecified atom stereocenters. The Labute approximate surface area is 142 Å². The van der Waals surface area contributed by atoms with Crippen molar-refractivity contribution in [1.29, 1.82) is 0 Å². The number of aromatic nitrogens is 3. The highest BCUT2D eigenvalue weighted by atomic mass is 16.2. The molecule has 0 saturated carbocycles. The average Bonchev–Trinajstić information content (AvgIpc) is 3.08. The quantitative estimate of drug-likeness (QED) is 0.898. The van der Waals surface area contributed by atoms with Crippen LogP contribution in [0.3, 0.4) is 0 Å². The van der Waals surface area contributed by atoms with Gasteiger partial charge < -0.3 is 19.7 Å². The summed E-state index contributed by atoms with van der Waals surface area (Å²) in [5, 5.41) is 3.16. The summed E-state index contributed by atoms with van der Waals surface area (Å²) in [6.07, 6.45) is 3.83. The van der Waals surface area contributed by atoms with E-state index in [1.165, 1.54) is 0 Å². The number of nitrogens with one attached hydrogen (secondary N) is 1. The van der Waals surface area contributed by atoms with Gasteiger partial charge in [-0.25, -0.2) is 4.98 Å². The second kappa shape index (κ2) is 7.33. The van der Waals surface area contributed by atoms with Crippen LogP contribution in [0.15, 0.2) is 30.6 Å². The van der Waals surface area contributed by atoms with E-state index in [1.807, 2.05) is 53.9 Å². The Balaban J connectivity index is 1.59. The van der Waals surface area contributed by atoms with Crippen molar-refractivity contribution < 1.29 is 4.79 Å². The van der Waals surface area contributed by atoms with Gasteiger partial charge in [0.1, 0.15) is 12.4 Å². The molecule has 7 heteroatoms. The monoisotopic (exact) mass is 328 g/mol. The summed E-state index contributed by atoms with van der Waals surface area (Å²) in [6, 6.07) is 5.87. The smallest absolute Gasteiger partial charge is 0.242 e. The zero-order valence-electron chi connectivity index (χ0n) is 14.3. The minimum Gasteiger partial charge on any atom is -0.354 e. The van der Waals surface area contributed by atoms with E-state index in [0.717, 1.165) is 44.2 Å². The summed E-state index contributed by atoms with van der Waals surface area (Å²) in [6.45, 7) is 8.23. The van der Waals surface area contributed by atoms with Crippen LogP contribution in [-0.4, -0.2) is 58.1 Å². The molecule has 3 heterocycles. The molecule has 1 fully saturated rings. The van der Waals surface area contributed by atoms with Crippen LogP contribution >= 0.6 is 0 Å². The second-order valence-corrected chi connectivity index (χ2v) is 5.94. The third kappa shape index (κ3) is 3.84. The fraction of sp³-hybridized carbons (Fsp3) is 0.471. The highest BCUT2D eigenvalue weighted by molar-refractivity contribution is 5.76. The molecule has 24 heavy (non-hydrogen) atoms. The first-order chi connectivity index (χ1) is 11.7. The number of carbonyl (C=O) groups is 1. The van der Waals surface area contributed by atoms with E-state index in [-0.39, 0.29) is 5.91 Å². The number of anilines is 2. The van der Waals surface area contributed by atoms with Gasteiger partial charge >= 0.3 is 0 Å². The summed E-state index contributed by atoms with van der Waals surface area (Å²) < 4.78 is 1.91. The molecule has 2 aromatic heterocycles. The molecule has 0 bridgehead atoms. The third-order valence-corrected chi connectivity index (χ3v) is 4.12. The summed E-state index contributed by atoms with van der Waals surface area (Å²) in [5.74, 6) is 1.76. The molecule has 7 nitrogen and oxygen atoms in total. The van der Waals surface area contributed by atoms with Crippen LogP contribution in [0.5, 0.6) is 0 Å². The zero-order chi connectivity index (χ0) is 16.9. The first kappa shape index (κ1) is 16.3. The topological polar surface area (TPSA) is 66.3 Å². The van der Waals surface area contributed by atoms with E-state index >= 15 is 0 Å². The molecule has 0 aromatic carbocycles. The van der Waals surface area contributed by atoms with Crippen LogP contribution in [0.1, 0.15) is 12.6 Å². The summed E-state index contributed by atoms with van der Waals surface area (Å²) in [4.78, 5) is 25.5.